The molecule has 0 aliphatic rings. The summed E-state index contributed by atoms with van der Waals surface area (Å²) in [5.74, 6) is -1.69. The number of aromatic nitrogens is 1. The third-order valence-electron chi connectivity index (χ3n) is 3.38. The van der Waals surface area contributed by atoms with Gasteiger partial charge >= 0.3 is 0 Å². The molecule has 1 heterocycles. The van der Waals surface area contributed by atoms with Crippen molar-refractivity contribution in [2.24, 2.45) is 0 Å². The minimum absolute atomic E-state index is 0.0564. The van der Waals surface area contributed by atoms with Crippen molar-refractivity contribution in [3.05, 3.63) is 71.4 Å². The topological polar surface area (TPSA) is 25.2 Å². The van der Waals surface area contributed by atoms with Crippen LogP contribution in [0.3, 0.4) is 0 Å². The van der Waals surface area contributed by atoms with Crippen LogP contribution in [0.4, 0.5) is 8.78 Å². The standard InChI is InChI=1S/C16H13F2NO/c17-14-5-4-11(8-15(14)18)9-19-7-6-12-2-1-3-13(10-20)16(12)19/h1-8,20H,9-10H2. The molecule has 0 fully saturated rings. The van der Waals surface area contributed by atoms with Crippen molar-refractivity contribution in [1.29, 1.82) is 0 Å². The van der Waals surface area contributed by atoms with Gasteiger partial charge in [0.05, 0.1) is 12.1 Å². The first-order valence-electron chi connectivity index (χ1n) is 6.30. The van der Waals surface area contributed by atoms with Gasteiger partial charge in [-0.25, -0.2) is 8.78 Å². The van der Waals surface area contributed by atoms with Crippen molar-refractivity contribution in [3.8, 4) is 0 Å². The van der Waals surface area contributed by atoms with Gasteiger partial charge in [-0.05, 0) is 29.1 Å². The molecule has 0 amide bonds. The van der Waals surface area contributed by atoms with Crippen molar-refractivity contribution in [2.75, 3.05) is 0 Å². The fourth-order valence-corrected chi connectivity index (χ4v) is 2.43. The number of hydrogen-bond acceptors (Lipinski definition) is 1. The Morgan fingerprint density at radius 2 is 1.85 bits per heavy atom. The molecule has 0 saturated heterocycles. The number of para-hydroxylation sites is 1. The molecule has 0 spiro atoms. The number of aliphatic hydroxyl groups excluding tert-OH is 1. The number of benzene rings is 2. The molecule has 2 nitrogen and oxygen atoms in total. The maximum absolute atomic E-state index is 13.2. The van der Waals surface area contributed by atoms with Gasteiger partial charge in [0.15, 0.2) is 11.6 Å². The Morgan fingerprint density at radius 3 is 2.60 bits per heavy atom. The third-order valence-corrected chi connectivity index (χ3v) is 3.38. The van der Waals surface area contributed by atoms with Crippen LogP contribution >= 0.6 is 0 Å². The van der Waals surface area contributed by atoms with E-state index in [-0.39, 0.29) is 6.61 Å². The molecule has 1 aromatic heterocycles. The molecule has 2 aromatic carbocycles. The second-order valence-electron chi connectivity index (χ2n) is 4.71. The van der Waals surface area contributed by atoms with Crippen molar-refractivity contribution in [2.45, 2.75) is 13.2 Å². The smallest absolute Gasteiger partial charge is 0.159 e. The lowest BCUT2D eigenvalue weighted by Gasteiger charge is -2.09. The second-order valence-corrected chi connectivity index (χ2v) is 4.71. The second kappa shape index (κ2) is 5.06. The Bertz CT molecular complexity index is 764. The first kappa shape index (κ1) is 12.8. The van der Waals surface area contributed by atoms with Gasteiger partial charge in [0.2, 0.25) is 0 Å². The first-order chi connectivity index (χ1) is 9.69. The monoisotopic (exact) mass is 273 g/mol. The van der Waals surface area contributed by atoms with Crippen molar-refractivity contribution < 1.29 is 13.9 Å². The zero-order valence-corrected chi connectivity index (χ0v) is 10.7. The molecular formula is C16H13F2NO. The summed E-state index contributed by atoms with van der Waals surface area (Å²) in [4.78, 5) is 0. The van der Waals surface area contributed by atoms with Gasteiger partial charge in [-0.15, -0.1) is 0 Å². The maximum Gasteiger partial charge on any atom is 0.159 e. The van der Waals surface area contributed by atoms with Crippen molar-refractivity contribution in [1.82, 2.24) is 4.57 Å². The molecule has 102 valence electrons. The highest BCUT2D eigenvalue weighted by Gasteiger charge is 2.08. The number of nitrogens with zero attached hydrogens (tertiary/aromatic N) is 1. The van der Waals surface area contributed by atoms with E-state index in [9.17, 15) is 13.9 Å². The first-order valence-corrected chi connectivity index (χ1v) is 6.30. The predicted octanol–water partition coefficient (Wildman–Crippen LogP) is 3.46. The summed E-state index contributed by atoms with van der Waals surface area (Å²) < 4.78 is 28.1. The zero-order valence-electron chi connectivity index (χ0n) is 10.7. The van der Waals surface area contributed by atoms with E-state index in [1.165, 1.54) is 6.07 Å². The van der Waals surface area contributed by atoms with Gasteiger partial charge in [0, 0.05) is 18.3 Å². The molecule has 0 atom stereocenters. The van der Waals surface area contributed by atoms with Crippen molar-refractivity contribution in [3.63, 3.8) is 0 Å². The van der Waals surface area contributed by atoms with E-state index in [1.54, 1.807) is 6.07 Å². The van der Waals surface area contributed by atoms with Crippen LogP contribution in [0.2, 0.25) is 0 Å². The van der Waals surface area contributed by atoms with Crippen LogP contribution in [0.1, 0.15) is 11.1 Å². The normalized spacial score (nSPS) is 11.2. The molecule has 0 aliphatic carbocycles. The summed E-state index contributed by atoms with van der Waals surface area (Å²) in [6, 6.07) is 11.5. The highest BCUT2D eigenvalue weighted by Crippen LogP contribution is 2.22. The molecule has 0 radical (unpaired) electrons. The summed E-state index contributed by atoms with van der Waals surface area (Å²) in [6.45, 7) is 0.372. The lowest BCUT2D eigenvalue weighted by atomic mass is 10.1. The summed E-state index contributed by atoms with van der Waals surface area (Å²) in [7, 11) is 0. The van der Waals surface area contributed by atoms with E-state index in [4.69, 9.17) is 0 Å². The molecule has 0 bridgehead atoms. The van der Waals surface area contributed by atoms with Gasteiger partial charge in [-0.3, -0.25) is 0 Å². The van der Waals surface area contributed by atoms with Crippen LogP contribution in [-0.2, 0) is 13.2 Å². The van der Waals surface area contributed by atoms with Gasteiger partial charge in [-0.2, -0.15) is 0 Å². The van der Waals surface area contributed by atoms with Crippen LogP contribution < -0.4 is 0 Å². The van der Waals surface area contributed by atoms with Gasteiger partial charge in [0.25, 0.3) is 0 Å². The number of aliphatic hydroxyl groups is 1. The zero-order chi connectivity index (χ0) is 14.1. The van der Waals surface area contributed by atoms with Crippen LogP contribution in [0.5, 0.6) is 0 Å². The molecule has 3 aromatic rings. The minimum Gasteiger partial charge on any atom is -0.392 e. The van der Waals surface area contributed by atoms with Crippen LogP contribution in [-0.4, -0.2) is 9.67 Å². The Hall–Kier alpha value is -2.20. The quantitative estimate of drug-likeness (QED) is 0.776. The van der Waals surface area contributed by atoms with E-state index >= 15 is 0 Å². The predicted molar refractivity (Wildman–Crippen MR) is 73.3 cm³/mol. The molecule has 0 aliphatic heterocycles. The lowest BCUT2D eigenvalue weighted by molar-refractivity contribution is 0.283. The summed E-state index contributed by atoms with van der Waals surface area (Å²) >= 11 is 0. The number of fused-ring (bicyclic) bond motifs is 1. The van der Waals surface area contributed by atoms with E-state index in [0.29, 0.717) is 12.1 Å². The summed E-state index contributed by atoms with van der Waals surface area (Å²) in [5, 5.41) is 10.4. The molecule has 1 N–H and O–H groups in total. The van der Waals surface area contributed by atoms with Crippen LogP contribution in [0.15, 0.2) is 48.7 Å². The molecule has 3 rings (SSSR count). The van der Waals surface area contributed by atoms with E-state index in [1.807, 2.05) is 35.0 Å². The highest BCUT2D eigenvalue weighted by molar-refractivity contribution is 5.83. The number of rotatable bonds is 3. The molecule has 4 heteroatoms. The van der Waals surface area contributed by atoms with E-state index in [0.717, 1.165) is 22.5 Å². The maximum atomic E-state index is 13.2. The van der Waals surface area contributed by atoms with E-state index < -0.39 is 11.6 Å². The molecule has 0 unspecified atom stereocenters. The molecule has 20 heavy (non-hydrogen) atoms. The van der Waals surface area contributed by atoms with Gasteiger partial charge < -0.3 is 9.67 Å². The minimum atomic E-state index is -0.846. The number of halogens is 2. The van der Waals surface area contributed by atoms with Crippen LogP contribution in [0, 0.1) is 11.6 Å². The lowest BCUT2D eigenvalue weighted by Crippen LogP contribution is -2.01. The Labute approximate surface area is 114 Å². The molecule has 0 saturated carbocycles. The van der Waals surface area contributed by atoms with Crippen molar-refractivity contribution >= 4 is 10.9 Å². The average molecular weight is 273 g/mol. The molecular weight excluding hydrogens is 260 g/mol. The number of hydrogen-bond donors (Lipinski definition) is 1. The summed E-state index contributed by atoms with van der Waals surface area (Å²) in [6.07, 6.45) is 1.88. The Morgan fingerprint density at radius 1 is 1.00 bits per heavy atom. The Kier molecular flexibility index (Phi) is 3.24. The largest absolute Gasteiger partial charge is 0.392 e. The van der Waals surface area contributed by atoms with Crippen LogP contribution in [0.25, 0.3) is 10.9 Å². The highest BCUT2D eigenvalue weighted by atomic mass is 19.2. The third kappa shape index (κ3) is 2.18. The SMILES string of the molecule is OCc1cccc2ccn(Cc3ccc(F)c(F)c3)c12. The van der Waals surface area contributed by atoms with E-state index in [2.05, 4.69) is 0 Å². The van der Waals surface area contributed by atoms with Gasteiger partial charge in [0.1, 0.15) is 0 Å². The Balaban J connectivity index is 2.04. The van der Waals surface area contributed by atoms with Gasteiger partial charge in [-0.1, -0.05) is 24.3 Å². The fraction of sp³-hybridized carbons (Fsp3) is 0.125. The fourth-order valence-electron chi connectivity index (χ4n) is 2.43. The average Bonchev–Trinajstić information content (AvgIpc) is 2.86. The summed E-state index contributed by atoms with van der Waals surface area (Å²) in [5.41, 5.74) is 2.41.